The van der Waals surface area contributed by atoms with E-state index in [0.717, 1.165) is 16.8 Å². The number of aryl methyl sites for hydroxylation is 1. The first-order chi connectivity index (χ1) is 13.4. The van der Waals surface area contributed by atoms with Gasteiger partial charge in [-0.1, -0.05) is 23.8 Å². The van der Waals surface area contributed by atoms with E-state index >= 15 is 0 Å². The lowest BCUT2D eigenvalue weighted by Crippen LogP contribution is -2.20. The molecule has 1 heterocycles. The molecule has 7 nitrogen and oxygen atoms in total. The van der Waals surface area contributed by atoms with E-state index in [1.54, 1.807) is 24.3 Å². The summed E-state index contributed by atoms with van der Waals surface area (Å²) in [5.74, 6) is 0.0395. The van der Waals surface area contributed by atoms with E-state index in [-0.39, 0.29) is 12.5 Å². The number of hydrogen-bond acceptors (Lipinski definition) is 6. The minimum absolute atomic E-state index is 0.219. The Hall–Kier alpha value is -3.26. The number of carbonyl (C=O) groups excluding carboxylic acids is 2. The summed E-state index contributed by atoms with van der Waals surface area (Å²) in [5, 5.41) is 3.28. The highest BCUT2D eigenvalue weighted by Gasteiger charge is 2.24. The Morgan fingerprint density at radius 2 is 1.96 bits per heavy atom. The number of thioether (sulfide) groups is 1. The van der Waals surface area contributed by atoms with Gasteiger partial charge in [-0.3, -0.25) is 9.59 Å². The molecular formula is C20H19N3O4S. The standard InChI is InChI=1S/C20H19N3O4S/c1-12-3-6-14(7-4-12)22-20-23-19(25)17(28-20)10-13-5-8-15(16(9-13)26-2)27-11-18(21)24/h3-10H,11H2,1-2H3,(H2,21,24)(H,22,23,25)/b17-10+. The van der Waals surface area contributed by atoms with Gasteiger partial charge in [0, 0.05) is 0 Å². The summed E-state index contributed by atoms with van der Waals surface area (Å²) in [5.41, 5.74) is 7.75. The Morgan fingerprint density at radius 3 is 2.64 bits per heavy atom. The maximum Gasteiger partial charge on any atom is 0.264 e. The van der Waals surface area contributed by atoms with Crippen molar-refractivity contribution in [3.05, 3.63) is 58.5 Å². The van der Waals surface area contributed by atoms with Crippen molar-refractivity contribution in [3.8, 4) is 11.5 Å². The number of rotatable bonds is 6. The van der Waals surface area contributed by atoms with Crippen molar-refractivity contribution in [2.75, 3.05) is 13.7 Å². The zero-order valence-electron chi connectivity index (χ0n) is 15.4. The molecule has 3 rings (SSSR count). The van der Waals surface area contributed by atoms with Crippen molar-refractivity contribution in [3.63, 3.8) is 0 Å². The summed E-state index contributed by atoms with van der Waals surface area (Å²) in [6.45, 7) is 1.76. The molecule has 1 saturated heterocycles. The number of primary amides is 1. The van der Waals surface area contributed by atoms with Crippen LogP contribution >= 0.6 is 11.8 Å². The number of nitrogens with one attached hydrogen (secondary N) is 1. The van der Waals surface area contributed by atoms with E-state index in [1.165, 1.54) is 18.9 Å². The van der Waals surface area contributed by atoms with Crippen molar-refractivity contribution in [2.24, 2.45) is 10.7 Å². The Bertz CT molecular complexity index is 968. The van der Waals surface area contributed by atoms with E-state index < -0.39 is 5.91 Å². The van der Waals surface area contributed by atoms with Crippen molar-refractivity contribution in [2.45, 2.75) is 6.92 Å². The van der Waals surface area contributed by atoms with Crippen LogP contribution in [0.25, 0.3) is 6.08 Å². The van der Waals surface area contributed by atoms with Crippen LogP contribution < -0.4 is 20.5 Å². The van der Waals surface area contributed by atoms with Gasteiger partial charge >= 0.3 is 0 Å². The van der Waals surface area contributed by atoms with Crippen LogP contribution in [-0.4, -0.2) is 30.7 Å². The number of nitrogens with zero attached hydrogens (tertiary/aromatic N) is 1. The number of methoxy groups -OCH3 is 1. The largest absolute Gasteiger partial charge is 0.493 e. The molecule has 0 atom stereocenters. The monoisotopic (exact) mass is 397 g/mol. The minimum Gasteiger partial charge on any atom is -0.493 e. The second-order valence-electron chi connectivity index (χ2n) is 5.98. The lowest BCUT2D eigenvalue weighted by atomic mass is 10.2. The fourth-order valence-corrected chi connectivity index (χ4v) is 3.25. The SMILES string of the molecule is COc1cc(/C=C2/SC(=Nc3ccc(C)cc3)NC2=O)ccc1OCC(N)=O. The maximum atomic E-state index is 12.2. The molecule has 144 valence electrons. The number of nitrogens with two attached hydrogens (primary N) is 1. The molecule has 0 aromatic heterocycles. The summed E-state index contributed by atoms with van der Waals surface area (Å²) >= 11 is 1.26. The van der Waals surface area contributed by atoms with Gasteiger partial charge < -0.3 is 20.5 Å². The highest BCUT2D eigenvalue weighted by molar-refractivity contribution is 8.18. The van der Waals surface area contributed by atoms with Crippen LogP contribution in [0.3, 0.4) is 0 Å². The molecule has 0 aliphatic carbocycles. The molecule has 8 heteroatoms. The number of ether oxygens (including phenoxy) is 2. The van der Waals surface area contributed by atoms with Gasteiger partial charge in [0.1, 0.15) is 0 Å². The Labute approximate surface area is 166 Å². The zero-order chi connectivity index (χ0) is 20.1. The third-order valence-electron chi connectivity index (χ3n) is 3.77. The van der Waals surface area contributed by atoms with Gasteiger partial charge in [0.15, 0.2) is 23.3 Å². The number of hydrogen-bond donors (Lipinski definition) is 2. The van der Waals surface area contributed by atoms with Gasteiger partial charge in [0.05, 0.1) is 17.7 Å². The molecule has 0 bridgehead atoms. The third kappa shape index (κ3) is 4.92. The normalized spacial score (nSPS) is 16.3. The predicted octanol–water partition coefficient (Wildman–Crippen LogP) is 2.76. The van der Waals surface area contributed by atoms with Crippen molar-refractivity contribution >= 4 is 40.5 Å². The summed E-state index contributed by atoms with van der Waals surface area (Å²) in [7, 11) is 1.49. The van der Waals surface area contributed by atoms with Crippen LogP contribution in [0.1, 0.15) is 11.1 Å². The second kappa shape index (κ2) is 8.62. The number of amides is 2. The third-order valence-corrected chi connectivity index (χ3v) is 4.68. The summed E-state index contributed by atoms with van der Waals surface area (Å²) in [4.78, 5) is 28.1. The Balaban J connectivity index is 1.78. The lowest BCUT2D eigenvalue weighted by molar-refractivity contribution is -0.120. The number of amidine groups is 1. The maximum absolute atomic E-state index is 12.2. The number of carbonyl (C=O) groups is 2. The van der Waals surface area contributed by atoms with E-state index in [4.69, 9.17) is 15.2 Å². The van der Waals surface area contributed by atoms with E-state index in [1.807, 2.05) is 31.2 Å². The number of benzene rings is 2. The van der Waals surface area contributed by atoms with E-state index in [9.17, 15) is 9.59 Å². The van der Waals surface area contributed by atoms with Gasteiger partial charge in [-0.05, 0) is 54.6 Å². The van der Waals surface area contributed by atoms with Crippen LogP contribution in [0.15, 0.2) is 52.4 Å². The van der Waals surface area contributed by atoms with Gasteiger partial charge in [-0.2, -0.15) is 0 Å². The molecule has 0 saturated carbocycles. The molecule has 2 aromatic carbocycles. The molecule has 28 heavy (non-hydrogen) atoms. The lowest BCUT2D eigenvalue weighted by Gasteiger charge is -2.10. The predicted molar refractivity (Wildman–Crippen MR) is 110 cm³/mol. The van der Waals surface area contributed by atoms with Crippen LogP contribution in [0, 0.1) is 6.92 Å². The van der Waals surface area contributed by atoms with Crippen LogP contribution in [0.2, 0.25) is 0 Å². The van der Waals surface area contributed by atoms with Gasteiger partial charge in [-0.15, -0.1) is 0 Å². The minimum atomic E-state index is -0.576. The molecule has 1 fully saturated rings. The smallest absolute Gasteiger partial charge is 0.264 e. The highest BCUT2D eigenvalue weighted by atomic mass is 32.2. The van der Waals surface area contributed by atoms with Crippen molar-refractivity contribution in [1.82, 2.24) is 5.32 Å². The number of aliphatic imine (C=N–C) groups is 1. The molecule has 3 N–H and O–H groups in total. The van der Waals surface area contributed by atoms with Crippen LogP contribution in [0.4, 0.5) is 5.69 Å². The second-order valence-corrected chi connectivity index (χ2v) is 7.01. The summed E-state index contributed by atoms with van der Waals surface area (Å²) in [6, 6.07) is 12.9. The summed E-state index contributed by atoms with van der Waals surface area (Å²) < 4.78 is 10.6. The zero-order valence-corrected chi connectivity index (χ0v) is 16.2. The quantitative estimate of drug-likeness (QED) is 0.730. The fourth-order valence-electron chi connectivity index (χ4n) is 2.41. The summed E-state index contributed by atoms with van der Waals surface area (Å²) in [6.07, 6.45) is 1.73. The van der Waals surface area contributed by atoms with Gasteiger partial charge in [-0.25, -0.2) is 4.99 Å². The first-order valence-corrected chi connectivity index (χ1v) is 9.21. The van der Waals surface area contributed by atoms with Crippen molar-refractivity contribution in [1.29, 1.82) is 0 Å². The first-order valence-electron chi connectivity index (χ1n) is 8.40. The molecule has 0 unspecified atom stereocenters. The molecule has 0 radical (unpaired) electrons. The highest BCUT2D eigenvalue weighted by Crippen LogP contribution is 2.32. The average Bonchev–Trinajstić information content (AvgIpc) is 3.01. The van der Waals surface area contributed by atoms with Crippen LogP contribution in [0.5, 0.6) is 11.5 Å². The van der Waals surface area contributed by atoms with E-state index in [0.29, 0.717) is 21.6 Å². The Kier molecular flexibility index (Phi) is 6.00. The topological polar surface area (TPSA) is 103 Å². The van der Waals surface area contributed by atoms with Crippen LogP contribution in [-0.2, 0) is 9.59 Å². The molecule has 2 aromatic rings. The average molecular weight is 397 g/mol. The van der Waals surface area contributed by atoms with E-state index in [2.05, 4.69) is 10.3 Å². The van der Waals surface area contributed by atoms with Gasteiger partial charge in [0.2, 0.25) is 0 Å². The fraction of sp³-hybridized carbons (Fsp3) is 0.150. The molecular weight excluding hydrogens is 378 g/mol. The van der Waals surface area contributed by atoms with Crippen molar-refractivity contribution < 1.29 is 19.1 Å². The molecule has 2 amide bonds. The molecule has 0 spiro atoms. The first kappa shape index (κ1) is 19.5. The molecule has 1 aliphatic heterocycles. The van der Waals surface area contributed by atoms with Gasteiger partial charge in [0.25, 0.3) is 11.8 Å². The molecule has 1 aliphatic rings. The Morgan fingerprint density at radius 1 is 1.21 bits per heavy atom.